The molecule has 0 radical (unpaired) electrons. The van der Waals surface area contributed by atoms with Crippen LogP contribution >= 0.6 is 31.9 Å². The van der Waals surface area contributed by atoms with Crippen LogP contribution in [0.3, 0.4) is 0 Å². The van der Waals surface area contributed by atoms with E-state index in [9.17, 15) is 0 Å². The highest BCUT2D eigenvalue weighted by atomic mass is 79.9. The second-order valence-electron chi connectivity index (χ2n) is 3.81. The summed E-state index contributed by atoms with van der Waals surface area (Å²) in [5.41, 5.74) is 12.8. The number of pyridine rings is 1. The molecule has 0 aliphatic heterocycles. The van der Waals surface area contributed by atoms with Gasteiger partial charge in [-0.15, -0.1) is 0 Å². The van der Waals surface area contributed by atoms with Gasteiger partial charge in [0.25, 0.3) is 0 Å². The number of aryl methyl sites for hydroxylation is 1. The van der Waals surface area contributed by atoms with E-state index in [2.05, 4.69) is 57.7 Å². The van der Waals surface area contributed by atoms with Gasteiger partial charge in [-0.3, -0.25) is 4.98 Å². The molecule has 0 aromatic carbocycles. The normalized spacial score (nSPS) is 10.5. The molecular formula is C11H12Br2N6. The maximum absolute atomic E-state index is 5.74. The molecule has 2 heterocycles. The summed E-state index contributed by atoms with van der Waals surface area (Å²) < 4.78 is 1.58. The van der Waals surface area contributed by atoms with Crippen LogP contribution in [-0.2, 0) is 6.54 Å². The SMILES string of the molecule is Cc1nc(N)c(Br)c(NNCc2cncc(Br)c2)n1. The highest BCUT2D eigenvalue weighted by molar-refractivity contribution is 9.11. The first-order chi connectivity index (χ1) is 9.06. The minimum Gasteiger partial charge on any atom is -0.383 e. The van der Waals surface area contributed by atoms with Crippen molar-refractivity contribution in [2.24, 2.45) is 0 Å². The van der Waals surface area contributed by atoms with Crippen molar-refractivity contribution >= 4 is 43.5 Å². The average Bonchev–Trinajstić information content (AvgIpc) is 2.35. The number of nitrogens with zero attached hydrogens (tertiary/aromatic N) is 3. The zero-order valence-electron chi connectivity index (χ0n) is 10.1. The van der Waals surface area contributed by atoms with Crippen molar-refractivity contribution in [3.05, 3.63) is 38.8 Å². The molecule has 8 heteroatoms. The van der Waals surface area contributed by atoms with Crippen molar-refractivity contribution in [2.45, 2.75) is 13.5 Å². The van der Waals surface area contributed by atoms with Crippen LogP contribution in [0.5, 0.6) is 0 Å². The van der Waals surface area contributed by atoms with Crippen molar-refractivity contribution in [1.82, 2.24) is 20.4 Å². The zero-order chi connectivity index (χ0) is 13.8. The molecule has 2 aromatic rings. The van der Waals surface area contributed by atoms with E-state index < -0.39 is 0 Å². The molecule has 0 saturated heterocycles. The van der Waals surface area contributed by atoms with Crippen LogP contribution in [0.1, 0.15) is 11.4 Å². The van der Waals surface area contributed by atoms with Gasteiger partial charge in [-0.2, -0.15) is 0 Å². The minimum absolute atomic E-state index is 0.404. The van der Waals surface area contributed by atoms with Crippen LogP contribution in [0.15, 0.2) is 27.4 Å². The van der Waals surface area contributed by atoms with E-state index in [1.54, 1.807) is 19.3 Å². The number of anilines is 2. The van der Waals surface area contributed by atoms with E-state index >= 15 is 0 Å². The Balaban J connectivity index is 2.00. The number of rotatable bonds is 4. The summed E-state index contributed by atoms with van der Waals surface area (Å²) in [7, 11) is 0. The number of aromatic nitrogens is 3. The fourth-order valence-electron chi connectivity index (χ4n) is 1.45. The number of hydrogen-bond donors (Lipinski definition) is 3. The molecule has 0 spiro atoms. The van der Waals surface area contributed by atoms with Crippen LogP contribution in [0.2, 0.25) is 0 Å². The first kappa shape index (κ1) is 14.2. The predicted octanol–water partition coefficient (Wildman–Crippen LogP) is 2.40. The third kappa shape index (κ3) is 3.85. The van der Waals surface area contributed by atoms with Gasteiger partial charge in [0, 0.05) is 23.4 Å². The van der Waals surface area contributed by atoms with Crippen LogP contribution in [-0.4, -0.2) is 15.0 Å². The van der Waals surface area contributed by atoms with Crippen molar-refractivity contribution in [1.29, 1.82) is 0 Å². The van der Waals surface area contributed by atoms with Crippen molar-refractivity contribution in [2.75, 3.05) is 11.2 Å². The first-order valence-corrected chi connectivity index (χ1v) is 7.03. The summed E-state index contributed by atoms with van der Waals surface area (Å²) >= 11 is 6.71. The van der Waals surface area contributed by atoms with E-state index in [1.165, 1.54) is 0 Å². The first-order valence-electron chi connectivity index (χ1n) is 5.44. The lowest BCUT2D eigenvalue weighted by atomic mass is 10.3. The van der Waals surface area contributed by atoms with E-state index in [-0.39, 0.29) is 0 Å². The molecule has 0 aliphatic carbocycles. The summed E-state index contributed by atoms with van der Waals surface area (Å²) in [6.07, 6.45) is 3.52. The fraction of sp³-hybridized carbons (Fsp3) is 0.182. The minimum atomic E-state index is 0.404. The summed E-state index contributed by atoms with van der Waals surface area (Å²) in [5, 5.41) is 0. The molecular weight excluding hydrogens is 376 g/mol. The molecule has 0 aliphatic rings. The van der Waals surface area contributed by atoms with Crippen LogP contribution < -0.4 is 16.6 Å². The molecule has 4 N–H and O–H groups in total. The lowest BCUT2D eigenvalue weighted by Gasteiger charge is -2.11. The second kappa shape index (κ2) is 6.27. The lowest BCUT2D eigenvalue weighted by molar-refractivity contribution is 0.786. The number of nitrogens with two attached hydrogens (primary N) is 1. The van der Waals surface area contributed by atoms with Crippen LogP contribution in [0.25, 0.3) is 0 Å². The molecule has 0 saturated carbocycles. The number of halogens is 2. The highest BCUT2D eigenvalue weighted by Gasteiger charge is 2.07. The topological polar surface area (TPSA) is 88.8 Å². The van der Waals surface area contributed by atoms with E-state index in [0.29, 0.717) is 28.5 Å². The van der Waals surface area contributed by atoms with Gasteiger partial charge in [-0.1, -0.05) is 0 Å². The number of nitrogens with one attached hydrogen (secondary N) is 2. The Morgan fingerprint density at radius 3 is 2.79 bits per heavy atom. The van der Waals surface area contributed by atoms with Gasteiger partial charge in [0.05, 0.1) is 0 Å². The third-order valence-corrected chi connectivity index (χ3v) is 3.46. The second-order valence-corrected chi connectivity index (χ2v) is 5.52. The van der Waals surface area contributed by atoms with E-state index in [1.807, 2.05) is 6.07 Å². The molecule has 0 atom stereocenters. The standard InChI is InChI=1S/C11H12Br2N6/c1-6-17-10(14)9(13)11(18-6)19-16-4-7-2-8(12)5-15-3-7/h2-3,5,16H,4H2,1H3,(H3,14,17,18,19). The summed E-state index contributed by atoms with van der Waals surface area (Å²) in [6, 6.07) is 1.98. The smallest absolute Gasteiger partial charge is 0.160 e. The van der Waals surface area contributed by atoms with Gasteiger partial charge in [0.2, 0.25) is 0 Å². The van der Waals surface area contributed by atoms with Gasteiger partial charge in [0.15, 0.2) is 5.82 Å². The van der Waals surface area contributed by atoms with E-state index in [4.69, 9.17) is 5.73 Å². The van der Waals surface area contributed by atoms with Gasteiger partial charge < -0.3 is 11.2 Å². The number of hydrazine groups is 1. The zero-order valence-corrected chi connectivity index (χ0v) is 13.3. The molecule has 2 aromatic heterocycles. The molecule has 0 unspecified atom stereocenters. The molecule has 0 amide bonds. The summed E-state index contributed by atoms with van der Waals surface area (Å²) in [6.45, 7) is 2.38. The third-order valence-electron chi connectivity index (χ3n) is 2.25. The Labute approximate surface area is 127 Å². The molecule has 19 heavy (non-hydrogen) atoms. The maximum Gasteiger partial charge on any atom is 0.160 e. The summed E-state index contributed by atoms with van der Waals surface area (Å²) in [4.78, 5) is 12.4. The average molecular weight is 388 g/mol. The Bertz CT molecular complexity index is 589. The van der Waals surface area contributed by atoms with Gasteiger partial charge in [-0.25, -0.2) is 15.4 Å². The molecule has 0 bridgehead atoms. The highest BCUT2D eigenvalue weighted by Crippen LogP contribution is 2.24. The van der Waals surface area contributed by atoms with Gasteiger partial charge in [0.1, 0.15) is 16.1 Å². The largest absolute Gasteiger partial charge is 0.383 e. The lowest BCUT2D eigenvalue weighted by Crippen LogP contribution is -2.22. The van der Waals surface area contributed by atoms with E-state index in [0.717, 1.165) is 10.0 Å². The molecule has 0 fully saturated rings. The molecule has 100 valence electrons. The van der Waals surface area contributed by atoms with Crippen LogP contribution in [0.4, 0.5) is 11.6 Å². The maximum atomic E-state index is 5.74. The molecule has 6 nitrogen and oxygen atoms in total. The number of nitrogen functional groups attached to an aromatic ring is 1. The Morgan fingerprint density at radius 1 is 1.26 bits per heavy atom. The number of hydrogen-bond acceptors (Lipinski definition) is 6. The van der Waals surface area contributed by atoms with Crippen molar-refractivity contribution in [3.8, 4) is 0 Å². The quantitative estimate of drug-likeness (QED) is 0.698. The Morgan fingerprint density at radius 2 is 2.05 bits per heavy atom. The van der Waals surface area contributed by atoms with Gasteiger partial charge in [-0.05, 0) is 50.4 Å². The predicted molar refractivity (Wildman–Crippen MR) is 81.3 cm³/mol. The van der Waals surface area contributed by atoms with Crippen LogP contribution in [0, 0.1) is 6.92 Å². The monoisotopic (exact) mass is 386 g/mol. The Hall–Kier alpha value is -1.25. The fourth-order valence-corrected chi connectivity index (χ4v) is 2.13. The van der Waals surface area contributed by atoms with Crippen molar-refractivity contribution in [3.63, 3.8) is 0 Å². The molecule has 2 rings (SSSR count). The van der Waals surface area contributed by atoms with Crippen molar-refractivity contribution < 1.29 is 0 Å². The Kier molecular flexibility index (Phi) is 4.67. The summed E-state index contributed by atoms with van der Waals surface area (Å²) in [5.74, 6) is 1.61. The van der Waals surface area contributed by atoms with Gasteiger partial charge >= 0.3 is 0 Å².